The van der Waals surface area contributed by atoms with E-state index in [9.17, 15) is 0 Å². The Balaban J connectivity index is 1.76. The summed E-state index contributed by atoms with van der Waals surface area (Å²) in [5, 5.41) is 0. The Kier molecular flexibility index (Phi) is 5.08. The highest BCUT2D eigenvalue weighted by Gasteiger charge is 2.16. The Morgan fingerprint density at radius 1 is 1.16 bits per heavy atom. The van der Waals surface area contributed by atoms with Crippen molar-refractivity contribution in [1.82, 2.24) is 4.90 Å². The molecule has 0 aliphatic carbocycles. The molecule has 3 nitrogen and oxygen atoms in total. The van der Waals surface area contributed by atoms with E-state index in [1.54, 1.807) is 0 Å². The van der Waals surface area contributed by atoms with Gasteiger partial charge in [-0.1, -0.05) is 19.9 Å². The van der Waals surface area contributed by atoms with Crippen LogP contribution in [0.5, 0.6) is 0 Å². The molecule has 0 unspecified atom stereocenters. The van der Waals surface area contributed by atoms with Gasteiger partial charge >= 0.3 is 0 Å². The number of nitrogens with two attached hydrogens (primary N) is 1. The van der Waals surface area contributed by atoms with E-state index in [4.69, 9.17) is 5.73 Å². The van der Waals surface area contributed by atoms with Gasteiger partial charge in [-0.25, -0.2) is 0 Å². The third kappa shape index (κ3) is 4.43. The number of hydrogen-bond donors (Lipinski definition) is 1. The monoisotopic (exact) mass is 261 g/mol. The van der Waals surface area contributed by atoms with Gasteiger partial charge in [-0.05, 0) is 43.5 Å². The number of anilines is 2. The lowest BCUT2D eigenvalue weighted by Gasteiger charge is -2.36. The predicted octanol–water partition coefficient (Wildman–Crippen LogP) is 2.83. The van der Waals surface area contributed by atoms with E-state index in [1.165, 1.54) is 38.2 Å². The Bertz CT molecular complexity index is 381. The SMILES string of the molecule is CC(C)CCCN1CCN(c2cccc(N)c2)CC1. The zero-order chi connectivity index (χ0) is 13.7. The van der Waals surface area contributed by atoms with Crippen LogP contribution in [0.4, 0.5) is 11.4 Å². The Labute approximate surface area is 117 Å². The number of benzene rings is 1. The van der Waals surface area contributed by atoms with Crippen molar-refractivity contribution in [2.75, 3.05) is 43.4 Å². The van der Waals surface area contributed by atoms with Gasteiger partial charge in [0.2, 0.25) is 0 Å². The molecule has 2 N–H and O–H groups in total. The summed E-state index contributed by atoms with van der Waals surface area (Å²) in [7, 11) is 0. The fraction of sp³-hybridized carbons (Fsp3) is 0.625. The molecule has 1 fully saturated rings. The summed E-state index contributed by atoms with van der Waals surface area (Å²) in [4.78, 5) is 5.03. The summed E-state index contributed by atoms with van der Waals surface area (Å²) >= 11 is 0. The molecule has 3 heteroatoms. The smallest absolute Gasteiger partial charge is 0.0387 e. The van der Waals surface area contributed by atoms with Crippen LogP contribution < -0.4 is 10.6 Å². The molecule has 0 spiro atoms. The molecule has 0 saturated carbocycles. The second-order valence-electron chi connectivity index (χ2n) is 5.96. The fourth-order valence-electron chi connectivity index (χ4n) is 2.67. The fourth-order valence-corrected chi connectivity index (χ4v) is 2.67. The van der Waals surface area contributed by atoms with Crippen molar-refractivity contribution in [1.29, 1.82) is 0 Å². The van der Waals surface area contributed by atoms with Crippen LogP contribution >= 0.6 is 0 Å². The van der Waals surface area contributed by atoms with E-state index in [0.29, 0.717) is 0 Å². The number of nitrogen functional groups attached to an aromatic ring is 1. The predicted molar refractivity (Wildman–Crippen MR) is 83.6 cm³/mol. The molecule has 0 atom stereocenters. The van der Waals surface area contributed by atoms with E-state index >= 15 is 0 Å². The molecule has 1 heterocycles. The molecule has 19 heavy (non-hydrogen) atoms. The highest BCUT2D eigenvalue weighted by atomic mass is 15.3. The van der Waals surface area contributed by atoms with Crippen LogP contribution in [0.25, 0.3) is 0 Å². The Hall–Kier alpha value is -1.22. The lowest BCUT2D eigenvalue weighted by atomic mass is 10.1. The van der Waals surface area contributed by atoms with Crippen LogP contribution in [0.1, 0.15) is 26.7 Å². The van der Waals surface area contributed by atoms with E-state index in [1.807, 2.05) is 12.1 Å². The van der Waals surface area contributed by atoms with Crippen molar-refractivity contribution in [3.63, 3.8) is 0 Å². The molecule has 1 aromatic carbocycles. The first-order valence-corrected chi connectivity index (χ1v) is 7.48. The number of nitrogens with zero attached hydrogens (tertiary/aromatic N) is 2. The Morgan fingerprint density at radius 2 is 1.89 bits per heavy atom. The molecule has 2 rings (SSSR count). The van der Waals surface area contributed by atoms with Gasteiger partial charge in [0, 0.05) is 37.6 Å². The van der Waals surface area contributed by atoms with Crippen molar-refractivity contribution in [3.05, 3.63) is 24.3 Å². The van der Waals surface area contributed by atoms with Crippen LogP contribution in [0.2, 0.25) is 0 Å². The van der Waals surface area contributed by atoms with Crippen molar-refractivity contribution in [3.8, 4) is 0 Å². The topological polar surface area (TPSA) is 32.5 Å². The third-order valence-corrected chi connectivity index (χ3v) is 3.86. The summed E-state index contributed by atoms with van der Waals surface area (Å²) in [6.45, 7) is 10.4. The van der Waals surface area contributed by atoms with E-state index < -0.39 is 0 Å². The van der Waals surface area contributed by atoms with Gasteiger partial charge in [0.1, 0.15) is 0 Å². The lowest BCUT2D eigenvalue weighted by molar-refractivity contribution is 0.249. The normalized spacial score (nSPS) is 17.1. The molecular weight excluding hydrogens is 234 g/mol. The number of hydrogen-bond acceptors (Lipinski definition) is 3. The zero-order valence-corrected chi connectivity index (χ0v) is 12.3. The first-order chi connectivity index (χ1) is 9.15. The maximum Gasteiger partial charge on any atom is 0.0387 e. The zero-order valence-electron chi connectivity index (χ0n) is 12.3. The van der Waals surface area contributed by atoms with Crippen molar-refractivity contribution in [2.45, 2.75) is 26.7 Å². The third-order valence-electron chi connectivity index (χ3n) is 3.86. The van der Waals surface area contributed by atoms with Gasteiger partial charge in [-0.15, -0.1) is 0 Å². The Morgan fingerprint density at radius 3 is 2.53 bits per heavy atom. The molecule has 0 amide bonds. The quantitative estimate of drug-likeness (QED) is 0.827. The van der Waals surface area contributed by atoms with E-state index in [-0.39, 0.29) is 0 Å². The minimum atomic E-state index is 0.827. The summed E-state index contributed by atoms with van der Waals surface area (Å²) in [5.74, 6) is 0.827. The van der Waals surface area contributed by atoms with Gasteiger partial charge in [0.05, 0.1) is 0 Å². The second-order valence-corrected chi connectivity index (χ2v) is 5.96. The maximum atomic E-state index is 5.85. The molecule has 0 aromatic heterocycles. The van der Waals surface area contributed by atoms with Crippen LogP contribution in [0.15, 0.2) is 24.3 Å². The highest BCUT2D eigenvalue weighted by Crippen LogP contribution is 2.19. The summed E-state index contributed by atoms with van der Waals surface area (Å²) in [5.41, 5.74) is 7.97. The number of piperazine rings is 1. The van der Waals surface area contributed by atoms with Crippen molar-refractivity contribution >= 4 is 11.4 Å². The first kappa shape index (κ1) is 14.2. The number of rotatable bonds is 5. The molecule has 1 aliphatic rings. The molecule has 0 radical (unpaired) electrons. The summed E-state index contributed by atoms with van der Waals surface area (Å²) in [6, 6.07) is 8.23. The van der Waals surface area contributed by atoms with Gasteiger partial charge in [0.25, 0.3) is 0 Å². The van der Waals surface area contributed by atoms with Crippen LogP contribution in [0, 0.1) is 5.92 Å². The summed E-state index contributed by atoms with van der Waals surface area (Å²) < 4.78 is 0. The van der Waals surface area contributed by atoms with Crippen LogP contribution in [-0.2, 0) is 0 Å². The lowest BCUT2D eigenvalue weighted by Crippen LogP contribution is -2.46. The van der Waals surface area contributed by atoms with Gasteiger partial charge < -0.3 is 10.6 Å². The minimum Gasteiger partial charge on any atom is -0.399 e. The van der Waals surface area contributed by atoms with Gasteiger partial charge in [0.15, 0.2) is 0 Å². The van der Waals surface area contributed by atoms with Crippen LogP contribution in [0.3, 0.4) is 0 Å². The van der Waals surface area contributed by atoms with E-state index in [2.05, 4.69) is 35.8 Å². The van der Waals surface area contributed by atoms with Gasteiger partial charge in [-0.2, -0.15) is 0 Å². The van der Waals surface area contributed by atoms with Crippen molar-refractivity contribution in [2.24, 2.45) is 5.92 Å². The average Bonchev–Trinajstić information content (AvgIpc) is 2.39. The molecule has 0 bridgehead atoms. The highest BCUT2D eigenvalue weighted by molar-refractivity contribution is 5.56. The maximum absolute atomic E-state index is 5.85. The minimum absolute atomic E-state index is 0.827. The average molecular weight is 261 g/mol. The van der Waals surface area contributed by atoms with Crippen LogP contribution in [-0.4, -0.2) is 37.6 Å². The first-order valence-electron chi connectivity index (χ1n) is 7.48. The second kappa shape index (κ2) is 6.80. The molecule has 1 aliphatic heterocycles. The molecular formula is C16H27N3. The van der Waals surface area contributed by atoms with E-state index in [0.717, 1.165) is 24.7 Å². The molecule has 1 aromatic rings. The molecule has 1 saturated heterocycles. The molecule has 106 valence electrons. The summed E-state index contributed by atoms with van der Waals surface area (Å²) in [6.07, 6.45) is 2.67. The largest absolute Gasteiger partial charge is 0.399 e. The standard InChI is InChI=1S/C16H27N3/c1-14(2)5-4-8-18-9-11-19(12-10-18)16-7-3-6-15(17)13-16/h3,6-7,13-14H,4-5,8-12,17H2,1-2H3. The van der Waals surface area contributed by atoms with Crippen molar-refractivity contribution < 1.29 is 0 Å². The van der Waals surface area contributed by atoms with Gasteiger partial charge in [-0.3, -0.25) is 4.90 Å².